The molecule has 0 aliphatic carbocycles. The number of rotatable bonds is 7. The minimum atomic E-state index is -3.02. The van der Waals surface area contributed by atoms with Crippen LogP contribution in [0.3, 0.4) is 0 Å². The monoisotopic (exact) mass is 380 g/mol. The molecule has 0 aliphatic rings. The second-order valence-electron chi connectivity index (χ2n) is 6.25. The van der Waals surface area contributed by atoms with Crippen molar-refractivity contribution in [3.63, 3.8) is 0 Å². The van der Waals surface area contributed by atoms with Gasteiger partial charge < -0.3 is 19.4 Å². The lowest BCUT2D eigenvalue weighted by molar-refractivity contribution is -0.119. The fourth-order valence-corrected chi connectivity index (χ4v) is 2.94. The summed E-state index contributed by atoms with van der Waals surface area (Å²) in [5, 5.41) is 2.39. The lowest BCUT2D eigenvalue weighted by Crippen LogP contribution is -2.21. The van der Waals surface area contributed by atoms with E-state index >= 15 is 0 Å². The molecule has 1 heterocycles. The number of benzene rings is 1. The Kier molecular flexibility index (Phi) is 6.55. The molecule has 8 heteroatoms. The van der Waals surface area contributed by atoms with Crippen LogP contribution in [-0.2, 0) is 9.53 Å². The fourth-order valence-electron chi connectivity index (χ4n) is 2.94. The normalized spacial score (nSPS) is 11.0. The van der Waals surface area contributed by atoms with Crippen molar-refractivity contribution in [1.82, 2.24) is 4.57 Å². The quantitative estimate of drug-likeness (QED) is 0.735. The molecule has 0 aliphatic heterocycles. The number of para-hydroxylation sites is 2. The van der Waals surface area contributed by atoms with Crippen molar-refractivity contribution in [2.45, 2.75) is 40.3 Å². The zero-order valence-electron chi connectivity index (χ0n) is 15.6. The Morgan fingerprint density at radius 2 is 1.85 bits per heavy atom. The van der Waals surface area contributed by atoms with Crippen LogP contribution in [0.25, 0.3) is 0 Å². The van der Waals surface area contributed by atoms with E-state index in [1.54, 1.807) is 12.1 Å². The predicted octanol–water partition coefficient (Wildman–Crippen LogP) is 4.08. The molecule has 0 atom stereocenters. The van der Waals surface area contributed by atoms with Gasteiger partial charge in [0, 0.05) is 17.4 Å². The molecule has 2 aromatic rings. The second kappa shape index (κ2) is 8.66. The topological polar surface area (TPSA) is 69.6 Å². The summed E-state index contributed by atoms with van der Waals surface area (Å²) in [6.45, 7) is 4.13. The summed E-state index contributed by atoms with van der Waals surface area (Å²) in [7, 11) is 0. The van der Waals surface area contributed by atoms with Crippen LogP contribution in [-0.4, -0.2) is 29.7 Å². The molecular formula is C19H22F2N2O4. The number of halogens is 2. The van der Waals surface area contributed by atoms with Crippen molar-refractivity contribution in [2.75, 3.05) is 11.9 Å². The first kappa shape index (κ1) is 20.4. The average Bonchev–Trinajstić information content (AvgIpc) is 2.88. The van der Waals surface area contributed by atoms with Gasteiger partial charge in [0.2, 0.25) is 0 Å². The van der Waals surface area contributed by atoms with Crippen LogP contribution < -0.4 is 10.1 Å². The highest BCUT2D eigenvalue weighted by Crippen LogP contribution is 2.25. The first-order chi connectivity index (χ1) is 12.7. The summed E-state index contributed by atoms with van der Waals surface area (Å²) < 4.78 is 36.2. The van der Waals surface area contributed by atoms with Crippen LogP contribution in [0.1, 0.15) is 41.6 Å². The number of anilines is 1. The molecule has 0 bridgehead atoms. The zero-order chi connectivity index (χ0) is 20.1. The molecule has 2 rings (SSSR count). The van der Waals surface area contributed by atoms with E-state index < -0.39 is 25.1 Å². The number of nitrogens with one attached hydrogen (secondary N) is 1. The first-order valence-electron chi connectivity index (χ1n) is 8.40. The minimum absolute atomic E-state index is 0.0665. The van der Waals surface area contributed by atoms with Gasteiger partial charge in [-0.15, -0.1) is 0 Å². The molecule has 1 N–H and O–H groups in total. The standard InChI is InChI=1S/C19H22F2N2O4/c1-11(2)23-12(3)9-14(13(23)4)18(25)26-10-17(24)22-15-7-5-6-8-16(15)27-19(20)21/h5-9,11,19H,10H2,1-4H3,(H,22,24). The highest BCUT2D eigenvalue weighted by atomic mass is 19.3. The Hall–Kier alpha value is -2.90. The lowest BCUT2D eigenvalue weighted by atomic mass is 10.2. The van der Waals surface area contributed by atoms with E-state index in [1.165, 1.54) is 18.2 Å². The first-order valence-corrected chi connectivity index (χ1v) is 8.40. The van der Waals surface area contributed by atoms with Crippen LogP contribution in [0.15, 0.2) is 30.3 Å². The van der Waals surface area contributed by atoms with E-state index in [9.17, 15) is 18.4 Å². The number of nitrogens with zero attached hydrogens (tertiary/aromatic N) is 1. The van der Waals surface area contributed by atoms with Gasteiger partial charge in [-0.2, -0.15) is 8.78 Å². The summed E-state index contributed by atoms with van der Waals surface area (Å²) >= 11 is 0. The van der Waals surface area contributed by atoms with Crippen molar-refractivity contribution in [1.29, 1.82) is 0 Å². The molecule has 1 amide bonds. The maximum absolute atomic E-state index is 12.4. The second-order valence-corrected chi connectivity index (χ2v) is 6.25. The van der Waals surface area contributed by atoms with E-state index in [0.29, 0.717) is 5.56 Å². The minimum Gasteiger partial charge on any atom is -0.452 e. The largest absolute Gasteiger partial charge is 0.452 e. The lowest BCUT2D eigenvalue weighted by Gasteiger charge is -2.13. The summed E-state index contributed by atoms with van der Waals surface area (Å²) in [6, 6.07) is 7.66. The van der Waals surface area contributed by atoms with Gasteiger partial charge in [0.05, 0.1) is 11.3 Å². The van der Waals surface area contributed by atoms with Crippen molar-refractivity contribution < 1.29 is 27.8 Å². The van der Waals surface area contributed by atoms with Gasteiger partial charge in [0.25, 0.3) is 5.91 Å². The molecular weight excluding hydrogens is 358 g/mol. The van der Waals surface area contributed by atoms with Gasteiger partial charge in [0.15, 0.2) is 6.61 Å². The SMILES string of the molecule is Cc1cc(C(=O)OCC(=O)Nc2ccccc2OC(F)F)c(C)n1C(C)C. The van der Waals surface area contributed by atoms with Crippen LogP contribution in [0, 0.1) is 13.8 Å². The van der Waals surface area contributed by atoms with Crippen LogP contribution in [0.2, 0.25) is 0 Å². The third-order valence-electron chi connectivity index (χ3n) is 3.93. The van der Waals surface area contributed by atoms with Gasteiger partial charge in [-0.1, -0.05) is 12.1 Å². The number of hydrogen-bond acceptors (Lipinski definition) is 4. The number of esters is 1. The third-order valence-corrected chi connectivity index (χ3v) is 3.93. The Balaban J connectivity index is 2.01. The maximum Gasteiger partial charge on any atom is 0.387 e. The molecule has 146 valence electrons. The number of carbonyl (C=O) groups is 2. The molecule has 1 aromatic carbocycles. The molecule has 0 unspecified atom stereocenters. The van der Waals surface area contributed by atoms with Crippen molar-refractivity contribution >= 4 is 17.6 Å². The number of hydrogen-bond donors (Lipinski definition) is 1. The fraction of sp³-hybridized carbons (Fsp3) is 0.368. The van der Waals surface area contributed by atoms with Crippen molar-refractivity contribution in [2.24, 2.45) is 0 Å². The number of alkyl halides is 2. The maximum atomic E-state index is 12.4. The summed E-state index contributed by atoms with van der Waals surface area (Å²) in [5.41, 5.74) is 2.12. The van der Waals surface area contributed by atoms with Gasteiger partial charge in [-0.25, -0.2) is 4.79 Å². The number of ether oxygens (including phenoxy) is 2. The van der Waals surface area contributed by atoms with E-state index in [0.717, 1.165) is 11.4 Å². The highest BCUT2D eigenvalue weighted by Gasteiger charge is 2.19. The number of amides is 1. The van der Waals surface area contributed by atoms with Crippen LogP contribution in [0.5, 0.6) is 5.75 Å². The van der Waals surface area contributed by atoms with Crippen LogP contribution in [0.4, 0.5) is 14.5 Å². The van der Waals surface area contributed by atoms with E-state index in [4.69, 9.17) is 4.74 Å². The van der Waals surface area contributed by atoms with E-state index in [-0.39, 0.29) is 17.5 Å². The van der Waals surface area contributed by atoms with Gasteiger partial charge in [-0.3, -0.25) is 4.79 Å². The summed E-state index contributed by atoms with van der Waals surface area (Å²) in [4.78, 5) is 24.3. The summed E-state index contributed by atoms with van der Waals surface area (Å²) in [6.07, 6.45) is 0. The molecule has 0 saturated heterocycles. The number of aryl methyl sites for hydroxylation is 1. The van der Waals surface area contributed by atoms with Gasteiger partial charge in [0.1, 0.15) is 5.75 Å². The van der Waals surface area contributed by atoms with Gasteiger partial charge in [-0.05, 0) is 45.9 Å². The Morgan fingerprint density at radius 3 is 2.44 bits per heavy atom. The zero-order valence-corrected chi connectivity index (χ0v) is 15.6. The molecule has 27 heavy (non-hydrogen) atoms. The van der Waals surface area contributed by atoms with E-state index in [1.807, 2.05) is 32.3 Å². The molecule has 6 nitrogen and oxygen atoms in total. The van der Waals surface area contributed by atoms with E-state index in [2.05, 4.69) is 10.1 Å². The predicted molar refractivity (Wildman–Crippen MR) is 96.3 cm³/mol. The molecule has 0 fully saturated rings. The number of carbonyl (C=O) groups excluding carboxylic acids is 2. The van der Waals surface area contributed by atoms with Crippen molar-refractivity contribution in [3.8, 4) is 5.75 Å². The highest BCUT2D eigenvalue weighted by molar-refractivity contribution is 5.96. The van der Waals surface area contributed by atoms with Crippen molar-refractivity contribution in [3.05, 3.63) is 47.3 Å². The smallest absolute Gasteiger partial charge is 0.387 e. The third kappa shape index (κ3) is 5.06. The Labute approximate surface area is 156 Å². The average molecular weight is 380 g/mol. The van der Waals surface area contributed by atoms with Gasteiger partial charge >= 0.3 is 12.6 Å². The molecule has 0 spiro atoms. The Morgan fingerprint density at radius 1 is 1.19 bits per heavy atom. The van der Waals surface area contributed by atoms with Crippen LogP contribution >= 0.6 is 0 Å². The molecule has 0 radical (unpaired) electrons. The summed E-state index contributed by atoms with van der Waals surface area (Å²) in [5.74, 6) is -1.46. The Bertz CT molecular complexity index is 831. The molecule has 1 aromatic heterocycles. The number of aromatic nitrogens is 1. The molecule has 0 saturated carbocycles.